The summed E-state index contributed by atoms with van der Waals surface area (Å²) >= 11 is 5.70. The van der Waals surface area contributed by atoms with Gasteiger partial charge in [0.25, 0.3) is 5.91 Å². The highest BCUT2D eigenvalue weighted by atomic mass is 35.5. The van der Waals surface area contributed by atoms with Gasteiger partial charge < -0.3 is 5.32 Å². The van der Waals surface area contributed by atoms with Gasteiger partial charge in [-0.25, -0.2) is 4.98 Å². The van der Waals surface area contributed by atoms with Gasteiger partial charge in [-0.2, -0.15) is 0 Å². The quantitative estimate of drug-likeness (QED) is 0.753. The lowest BCUT2D eigenvalue weighted by molar-refractivity contribution is 0.0938. The third-order valence-electron chi connectivity index (χ3n) is 3.06. The molecule has 7 heteroatoms. The number of amides is 1. The number of pyridine rings is 2. The first-order valence-electron chi connectivity index (χ1n) is 6.37. The minimum Gasteiger partial charge on any atom is -0.342 e. The number of nitrogens with one attached hydrogen (secondary N) is 1. The number of hydrogen-bond donors (Lipinski definition) is 1. The fourth-order valence-electron chi connectivity index (χ4n) is 2.01. The van der Waals surface area contributed by atoms with Crippen LogP contribution in [-0.4, -0.2) is 25.5 Å². The molecular formula is C14H12ClN5O. The maximum absolute atomic E-state index is 12.1. The SMILES string of the molecule is CC(NC(=O)c1ccc(Cl)nc1)c1nnc2ccccn12. The van der Waals surface area contributed by atoms with Crippen molar-refractivity contribution in [3.63, 3.8) is 0 Å². The van der Waals surface area contributed by atoms with E-state index in [2.05, 4.69) is 20.5 Å². The summed E-state index contributed by atoms with van der Waals surface area (Å²) in [7, 11) is 0. The number of hydrogen-bond acceptors (Lipinski definition) is 4. The van der Waals surface area contributed by atoms with Crippen LogP contribution in [0, 0.1) is 0 Å². The van der Waals surface area contributed by atoms with Gasteiger partial charge in [-0.05, 0) is 31.2 Å². The van der Waals surface area contributed by atoms with Gasteiger partial charge in [0.15, 0.2) is 11.5 Å². The lowest BCUT2D eigenvalue weighted by Gasteiger charge is -2.12. The second kappa shape index (κ2) is 5.49. The number of halogens is 1. The van der Waals surface area contributed by atoms with Crippen molar-refractivity contribution in [3.05, 3.63) is 59.3 Å². The number of fused-ring (bicyclic) bond motifs is 1. The zero-order chi connectivity index (χ0) is 14.8. The van der Waals surface area contributed by atoms with E-state index in [1.165, 1.54) is 6.20 Å². The van der Waals surface area contributed by atoms with Crippen LogP contribution in [0.3, 0.4) is 0 Å². The zero-order valence-corrected chi connectivity index (χ0v) is 11.9. The first-order valence-corrected chi connectivity index (χ1v) is 6.75. The molecule has 0 spiro atoms. The van der Waals surface area contributed by atoms with Gasteiger partial charge in [-0.3, -0.25) is 9.20 Å². The summed E-state index contributed by atoms with van der Waals surface area (Å²) in [6, 6.07) is 8.54. The molecule has 3 rings (SSSR count). The van der Waals surface area contributed by atoms with Gasteiger partial charge in [0, 0.05) is 12.4 Å². The second-order valence-corrected chi connectivity index (χ2v) is 4.94. The maximum atomic E-state index is 12.1. The lowest BCUT2D eigenvalue weighted by Crippen LogP contribution is -2.28. The minimum atomic E-state index is -0.287. The zero-order valence-electron chi connectivity index (χ0n) is 11.2. The van der Waals surface area contributed by atoms with Crippen molar-refractivity contribution in [1.82, 2.24) is 24.9 Å². The minimum absolute atomic E-state index is 0.237. The van der Waals surface area contributed by atoms with E-state index in [9.17, 15) is 4.79 Å². The van der Waals surface area contributed by atoms with Crippen LogP contribution in [-0.2, 0) is 0 Å². The van der Waals surface area contributed by atoms with Crippen molar-refractivity contribution >= 4 is 23.2 Å². The van der Waals surface area contributed by atoms with Gasteiger partial charge in [0.2, 0.25) is 0 Å². The van der Waals surface area contributed by atoms with Crippen molar-refractivity contribution in [3.8, 4) is 0 Å². The van der Waals surface area contributed by atoms with E-state index in [1.54, 1.807) is 12.1 Å². The van der Waals surface area contributed by atoms with E-state index in [0.717, 1.165) is 5.65 Å². The monoisotopic (exact) mass is 301 g/mol. The lowest BCUT2D eigenvalue weighted by atomic mass is 10.2. The van der Waals surface area contributed by atoms with E-state index in [-0.39, 0.29) is 11.9 Å². The maximum Gasteiger partial charge on any atom is 0.253 e. The molecule has 0 bridgehead atoms. The van der Waals surface area contributed by atoms with Crippen LogP contribution in [0.15, 0.2) is 42.7 Å². The van der Waals surface area contributed by atoms with Crippen molar-refractivity contribution in [2.75, 3.05) is 0 Å². The highest BCUT2D eigenvalue weighted by Gasteiger charge is 2.16. The molecular weight excluding hydrogens is 290 g/mol. The van der Waals surface area contributed by atoms with E-state index in [0.29, 0.717) is 16.5 Å². The van der Waals surface area contributed by atoms with Crippen LogP contribution >= 0.6 is 11.6 Å². The van der Waals surface area contributed by atoms with E-state index >= 15 is 0 Å². The Morgan fingerprint density at radius 2 is 2.14 bits per heavy atom. The first-order chi connectivity index (χ1) is 10.1. The molecule has 6 nitrogen and oxygen atoms in total. The summed E-state index contributed by atoms with van der Waals surface area (Å²) in [6.45, 7) is 1.85. The number of carbonyl (C=O) groups is 1. The summed E-state index contributed by atoms with van der Waals surface area (Å²) in [5.41, 5.74) is 1.18. The molecule has 0 aliphatic rings. The largest absolute Gasteiger partial charge is 0.342 e. The molecule has 3 heterocycles. The van der Waals surface area contributed by atoms with E-state index in [1.807, 2.05) is 35.7 Å². The molecule has 21 heavy (non-hydrogen) atoms. The molecule has 1 atom stereocenters. The highest BCUT2D eigenvalue weighted by molar-refractivity contribution is 6.29. The van der Waals surface area contributed by atoms with Gasteiger partial charge in [-0.1, -0.05) is 17.7 Å². The molecule has 0 saturated heterocycles. The van der Waals surface area contributed by atoms with Crippen LogP contribution in [0.2, 0.25) is 5.15 Å². The van der Waals surface area contributed by atoms with E-state index in [4.69, 9.17) is 11.6 Å². The Hall–Kier alpha value is -2.47. The van der Waals surface area contributed by atoms with Crippen LogP contribution in [0.1, 0.15) is 29.1 Å². The summed E-state index contributed by atoms with van der Waals surface area (Å²) < 4.78 is 1.84. The molecule has 106 valence electrons. The molecule has 0 radical (unpaired) electrons. The molecule has 1 N–H and O–H groups in total. The summed E-state index contributed by atoms with van der Waals surface area (Å²) in [4.78, 5) is 16.0. The molecule has 1 unspecified atom stereocenters. The Bertz CT molecular complexity index is 783. The number of rotatable bonds is 3. The summed E-state index contributed by atoms with van der Waals surface area (Å²) in [5.74, 6) is 0.431. The average molecular weight is 302 g/mol. The van der Waals surface area contributed by atoms with Gasteiger partial charge >= 0.3 is 0 Å². The molecule has 1 amide bonds. The van der Waals surface area contributed by atoms with Gasteiger partial charge in [0.05, 0.1) is 11.6 Å². The third-order valence-corrected chi connectivity index (χ3v) is 3.29. The predicted octanol–water partition coefficient (Wildman–Crippen LogP) is 2.27. The smallest absolute Gasteiger partial charge is 0.253 e. The molecule has 0 aromatic carbocycles. The number of carbonyl (C=O) groups excluding carboxylic acids is 1. The van der Waals surface area contributed by atoms with Crippen LogP contribution in [0.25, 0.3) is 5.65 Å². The normalized spacial score (nSPS) is 12.3. The average Bonchev–Trinajstić information content (AvgIpc) is 2.92. The Morgan fingerprint density at radius 3 is 2.90 bits per heavy atom. The standard InChI is InChI=1S/C14H12ClN5O/c1-9(13-19-18-12-4-2-3-7-20(12)13)17-14(21)10-5-6-11(15)16-8-10/h2-9H,1H3,(H,17,21). The summed E-state index contributed by atoms with van der Waals surface area (Å²) in [5, 5.41) is 11.4. The predicted molar refractivity (Wildman–Crippen MR) is 78.1 cm³/mol. The van der Waals surface area contributed by atoms with Gasteiger partial charge in [0.1, 0.15) is 5.15 Å². The Morgan fingerprint density at radius 1 is 1.29 bits per heavy atom. The van der Waals surface area contributed by atoms with Crippen molar-refractivity contribution < 1.29 is 4.79 Å². The van der Waals surface area contributed by atoms with Crippen molar-refractivity contribution in [2.45, 2.75) is 13.0 Å². The third kappa shape index (κ3) is 2.71. The van der Waals surface area contributed by atoms with Crippen molar-refractivity contribution in [2.24, 2.45) is 0 Å². The molecule has 3 aromatic rings. The topological polar surface area (TPSA) is 72.2 Å². The van der Waals surface area contributed by atoms with E-state index < -0.39 is 0 Å². The summed E-state index contributed by atoms with van der Waals surface area (Å²) in [6.07, 6.45) is 3.30. The van der Waals surface area contributed by atoms with Crippen LogP contribution in [0.4, 0.5) is 0 Å². The second-order valence-electron chi connectivity index (χ2n) is 4.55. The molecule has 0 fully saturated rings. The first kappa shape index (κ1) is 13.5. The van der Waals surface area contributed by atoms with Crippen LogP contribution < -0.4 is 5.32 Å². The highest BCUT2D eigenvalue weighted by Crippen LogP contribution is 2.13. The van der Waals surface area contributed by atoms with Gasteiger partial charge in [-0.15, -0.1) is 10.2 Å². The molecule has 0 aliphatic carbocycles. The molecule has 3 aromatic heterocycles. The van der Waals surface area contributed by atoms with Crippen LogP contribution in [0.5, 0.6) is 0 Å². The number of aromatic nitrogens is 4. The fraction of sp³-hybridized carbons (Fsp3) is 0.143. The Kier molecular flexibility index (Phi) is 3.53. The Balaban J connectivity index is 1.81. The fourth-order valence-corrected chi connectivity index (χ4v) is 2.12. The molecule has 0 saturated carbocycles. The number of nitrogens with zero attached hydrogens (tertiary/aromatic N) is 4. The molecule has 0 aliphatic heterocycles. The van der Waals surface area contributed by atoms with Crippen molar-refractivity contribution in [1.29, 1.82) is 0 Å². The Labute approximate surface area is 125 Å².